The fourth-order valence-electron chi connectivity index (χ4n) is 2.58. The van der Waals surface area contributed by atoms with Crippen molar-refractivity contribution in [2.24, 2.45) is 12.1 Å². The van der Waals surface area contributed by atoms with Crippen LogP contribution in [0.5, 0.6) is 0 Å². The van der Waals surface area contributed by atoms with Crippen molar-refractivity contribution in [1.29, 1.82) is 0 Å². The first kappa shape index (κ1) is 20.2. The van der Waals surface area contributed by atoms with Gasteiger partial charge < -0.3 is 10.3 Å². The molecule has 1 aromatic carbocycles. The van der Waals surface area contributed by atoms with Gasteiger partial charge in [-0.05, 0) is 22.8 Å². The molecule has 0 aliphatic carbocycles. The summed E-state index contributed by atoms with van der Waals surface area (Å²) in [5.74, 6) is -0.121. The van der Waals surface area contributed by atoms with E-state index in [1.54, 1.807) is 17.8 Å². The number of aromatic nitrogens is 8. The minimum Gasteiger partial charge on any atom is -0.378 e. The number of carbonyl (C=O) groups excluding carboxylic acids is 1. The number of hydrazone groups is 1. The van der Waals surface area contributed by atoms with Crippen molar-refractivity contribution in [3.05, 3.63) is 53.6 Å². The van der Waals surface area contributed by atoms with Gasteiger partial charge in [0.05, 0.1) is 11.4 Å². The SMILES string of the molecule is CC(=NNC(=O)c1nnn(-c2nonc2N)c1CSc1nncn1C)c1ccccc1. The number of aryl methyl sites for hydroxylation is 1. The van der Waals surface area contributed by atoms with Crippen LogP contribution in [0, 0.1) is 0 Å². The van der Waals surface area contributed by atoms with Crippen molar-refractivity contribution >= 4 is 29.2 Å². The summed E-state index contributed by atoms with van der Waals surface area (Å²) in [6.45, 7) is 1.79. The van der Waals surface area contributed by atoms with Crippen LogP contribution < -0.4 is 11.2 Å². The Morgan fingerprint density at radius 3 is 2.74 bits per heavy atom. The van der Waals surface area contributed by atoms with Crippen LogP contribution in [0.4, 0.5) is 5.82 Å². The van der Waals surface area contributed by atoms with Crippen molar-refractivity contribution in [3.8, 4) is 5.82 Å². The van der Waals surface area contributed by atoms with Crippen LogP contribution in [0.1, 0.15) is 28.7 Å². The molecule has 3 N–H and O–H groups in total. The lowest BCUT2D eigenvalue weighted by Gasteiger charge is -2.06. The number of hydrogen-bond donors (Lipinski definition) is 2. The van der Waals surface area contributed by atoms with Gasteiger partial charge in [0, 0.05) is 12.8 Å². The second-order valence-corrected chi connectivity index (χ2v) is 7.23. The Labute approximate surface area is 179 Å². The summed E-state index contributed by atoms with van der Waals surface area (Å²) < 4.78 is 7.70. The van der Waals surface area contributed by atoms with Gasteiger partial charge in [-0.25, -0.2) is 10.1 Å². The first-order valence-corrected chi connectivity index (χ1v) is 9.93. The third kappa shape index (κ3) is 4.28. The highest BCUT2D eigenvalue weighted by atomic mass is 32.2. The van der Waals surface area contributed by atoms with E-state index in [1.807, 2.05) is 37.4 Å². The maximum absolute atomic E-state index is 12.8. The highest BCUT2D eigenvalue weighted by Crippen LogP contribution is 2.24. The van der Waals surface area contributed by atoms with Gasteiger partial charge >= 0.3 is 0 Å². The molecule has 3 aromatic heterocycles. The van der Waals surface area contributed by atoms with E-state index < -0.39 is 5.91 Å². The normalized spacial score (nSPS) is 11.6. The number of nitrogens with one attached hydrogen (secondary N) is 1. The Hall–Kier alpha value is -4.07. The standard InChI is InChI=1S/C17H17N11O2S/c1-10(11-6-4-3-5-7-11)20-22-16(29)13-12(8-31-17-23-19-9-27(17)2)28(26-21-13)15-14(18)24-30-25-15/h3-7,9H,8H2,1-2H3,(H2,18,24)(H,22,29). The smallest absolute Gasteiger partial charge is 0.293 e. The molecule has 0 bridgehead atoms. The van der Waals surface area contributed by atoms with Crippen LogP contribution >= 0.6 is 11.8 Å². The van der Waals surface area contributed by atoms with Gasteiger partial charge in [-0.3, -0.25) is 4.79 Å². The zero-order chi connectivity index (χ0) is 21.8. The summed E-state index contributed by atoms with van der Waals surface area (Å²) in [6, 6.07) is 9.47. The Balaban J connectivity index is 1.62. The number of rotatable bonds is 7. The maximum atomic E-state index is 12.8. The predicted octanol–water partition coefficient (Wildman–Crippen LogP) is 0.807. The van der Waals surface area contributed by atoms with Crippen molar-refractivity contribution < 1.29 is 9.42 Å². The minimum absolute atomic E-state index is 0.0136. The second-order valence-electron chi connectivity index (χ2n) is 6.29. The summed E-state index contributed by atoms with van der Waals surface area (Å²) >= 11 is 1.33. The lowest BCUT2D eigenvalue weighted by Crippen LogP contribution is -2.21. The van der Waals surface area contributed by atoms with E-state index in [1.165, 1.54) is 16.4 Å². The minimum atomic E-state index is -0.537. The zero-order valence-electron chi connectivity index (χ0n) is 16.5. The number of nitrogens with zero attached hydrogens (tertiary/aromatic N) is 9. The van der Waals surface area contributed by atoms with Crippen LogP contribution in [0.3, 0.4) is 0 Å². The van der Waals surface area contributed by atoms with Crippen molar-refractivity contribution in [2.45, 2.75) is 17.8 Å². The molecule has 4 aromatic rings. The number of amides is 1. The highest BCUT2D eigenvalue weighted by Gasteiger charge is 2.24. The van der Waals surface area contributed by atoms with E-state index in [9.17, 15) is 4.79 Å². The van der Waals surface area contributed by atoms with E-state index in [4.69, 9.17) is 5.73 Å². The number of carbonyl (C=O) groups is 1. The van der Waals surface area contributed by atoms with Crippen LogP contribution in [0.25, 0.3) is 5.82 Å². The van der Waals surface area contributed by atoms with E-state index in [-0.39, 0.29) is 23.1 Å². The number of nitrogens with two attached hydrogens (primary N) is 1. The zero-order valence-corrected chi connectivity index (χ0v) is 17.3. The topological polar surface area (TPSA) is 168 Å². The van der Waals surface area contributed by atoms with E-state index in [2.05, 4.69) is 46.0 Å². The fourth-order valence-corrected chi connectivity index (χ4v) is 3.46. The highest BCUT2D eigenvalue weighted by molar-refractivity contribution is 7.98. The molecule has 0 aliphatic heterocycles. The monoisotopic (exact) mass is 439 g/mol. The van der Waals surface area contributed by atoms with Crippen LogP contribution in [-0.4, -0.2) is 51.7 Å². The van der Waals surface area contributed by atoms with E-state index in [0.29, 0.717) is 16.6 Å². The summed E-state index contributed by atoms with van der Waals surface area (Å²) in [5.41, 5.74) is 10.3. The molecule has 0 unspecified atom stereocenters. The quantitative estimate of drug-likeness (QED) is 0.239. The fraction of sp³-hybridized carbons (Fsp3) is 0.176. The average Bonchev–Trinajstić information content (AvgIpc) is 3.50. The number of hydrogen-bond acceptors (Lipinski definition) is 11. The van der Waals surface area contributed by atoms with E-state index in [0.717, 1.165) is 5.56 Å². The lowest BCUT2D eigenvalue weighted by molar-refractivity contribution is 0.0949. The van der Waals surface area contributed by atoms with Crippen molar-refractivity contribution in [3.63, 3.8) is 0 Å². The third-order valence-electron chi connectivity index (χ3n) is 4.20. The molecular weight excluding hydrogens is 422 g/mol. The average molecular weight is 439 g/mol. The first-order chi connectivity index (χ1) is 15.0. The Morgan fingerprint density at radius 2 is 2.06 bits per heavy atom. The van der Waals surface area contributed by atoms with E-state index >= 15 is 0 Å². The number of nitrogen functional groups attached to an aromatic ring is 1. The van der Waals surface area contributed by atoms with Gasteiger partial charge in [0.15, 0.2) is 10.9 Å². The van der Waals surface area contributed by atoms with Crippen LogP contribution in [0.2, 0.25) is 0 Å². The molecule has 13 nitrogen and oxygen atoms in total. The molecule has 0 fully saturated rings. The summed E-state index contributed by atoms with van der Waals surface area (Å²) in [4.78, 5) is 12.8. The van der Waals surface area contributed by atoms with Crippen molar-refractivity contribution in [2.75, 3.05) is 5.73 Å². The van der Waals surface area contributed by atoms with Crippen LogP contribution in [0.15, 0.2) is 51.5 Å². The number of benzene rings is 1. The molecule has 0 atom stereocenters. The molecule has 0 saturated carbocycles. The molecule has 158 valence electrons. The number of anilines is 1. The molecule has 1 amide bonds. The first-order valence-electron chi connectivity index (χ1n) is 8.94. The van der Waals surface area contributed by atoms with Gasteiger partial charge in [0.1, 0.15) is 6.33 Å². The predicted molar refractivity (Wildman–Crippen MR) is 110 cm³/mol. The maximum Gasteiger partial charge on any atom is 0.293 e. The van der Waals surface area contributed by atoms with Gasteiger partial charge in [-0.15, -0.1) is 15.3 Å². The van der Waals surface area contributed by atoms with Crippen molar-refractivity contribution in [1.82, 2.24) is 45.5 Å². The summed E-state index contributed by atoms with van der Waals surface area (Å²) in [5, 5.41) is 28.0. The lowest BCUT2D eigenvalue weighted by atomic mass is 10.1. The Morgan fingerprint density at radius 1 is 1.26 bits per heavy atom. The largest absolute Gasteiger partial charge is 0.378 e. The summed E-state index contributed by atoms with van der Waals surface area (Å²) in [6.07, 6.45) is 1.58. The third-order valence-corrected chi connectivity index (χ3v) is 5.24. The molecule has 0 radical (unpaired) electrons. The molecule has 0 spiro atoms. The Bertz CT molecular complexity index is 1230. The van der Waals surface area contributed by atoms with Gasteiger partial charge in [0.2, 0.25) is 11.6 Å². The molecule has 0 aliphatic rings. The molecule has 4 rings (SSSR count). The Kier molecular flexibility index (Phi) is 5.70. The molecular formula is C17H17N11O2S. The molecule has 3 heterocycles. The van der Waals surface area contributed by atoms with Gasteiger partial charge in [-0.2, -0.15) is 9.78 Å². The molecule has 14 heteroatoms. The second kappa shape index (κ2) is 8.74. The molecule has 0 saturated heterocycles. The van der Waals surface area contributed by atoms with Gasteiger partial charge in [-0.1, -0.05) is 47.3 Å². The van der Waals surface area contributed by atoms with Gasteiger partial charge in [0.25, 0.3) is 5.91 Å². The van der Waals surface area contributed by atoms with Crippen LogP contribution in [-0.2, 0) is 12.8 Å². The molecule has 31 heavy (non-hydrogen) atoms. The number of thioether (sulfide) groups is 1. The summed E-state index contributed by atoms with van der Waals surface area (Å²) in [7, 11) is 1.81.